The smallest absolute Gasteiger partial charge is 0.0318 e. The minimum absolute atomic E-state index is 0.163. The Labute approximate surface area is 93.7 Å². The van der Waals surface area contributed by atoms with Crippen molar-refractivity contribution in [3.05, 3.63) is 35.4 Å². The molecule has 0 spiro atoms. The molecule has 84 valence electrons. The number of nitrogens with two attached hydrogens (primary N) is 1. The topological polar surface area (TPSA) is 26.0 Å². The van der Waals surface area contributed by atoms with Gasteiger partial charge in [0.15, 0.2) is 0 Å². The van der Waals surface area contributed by atoms with E-state index in [0.29, 0.717) is 11.8 Å². The molecule has 1 nitrogen and oxygen atoms in total. The molecule has 0 aliphatic rings. The summed E-state index contributed by atoms with van der Waals surface area (Å²) < 4.78 is 0. The molecule has 0 saturated carbocycles. The molecule has 1 rings (SSSR count). The van der Waals surface area contributed by atoms with Gasteiger partial charge >= 0.3 is 0 Å². The lowest BCUT2D eigenvalue weighted by Crippen LogP contribution is -2.16. The minimum Gasteiger partial charge on any atom is -0.324 e. The van der Waals surface area contributed by atoms with Gasteiger partial charge in [-0.2, -0.15) is 0 Å². The van der Waals surface area contributed by atoms with Crippen LogP contribution in [0.25, 0.3) is 0 Å². The molecule has 2 N–H and O–H groups in total. The standard InChI is InChI=1S/C14H23N/c1-5-11(4)12-6-8-13(9-7-12)14(15)10(2)3/h6-11,14H,5,15H2,1-4H3/t11-,14-/m0/s1. The lowest BCUT2D eigenvalue weighted by atomic mass is 9.93. The second kappa shape index (κ2) is 5.32. The third-order valence-electron chi connectivity index (χ3n) is 3.22. The number of hydrogen-bond donors (Lipinski definition) is 1. The summed E-state index contributed by atoms with van der Waals surface area (Å²) in [6, 6.07) is 8.94. The van der Waals surface area contributed by atoms with Crippen LogP contribution in [0.3, 0.4) is 0 Å². The van der Waals surface area contributed by atoms with Crippen molar-refractivity contribution in [1.29, 1.82) is 0 Å². The van der Waals surface area contributed by atoms with Crippen molar-refractivity contribution in [2.75, 3.05) is 0 Å². The fourth-order valence-corrected chi connectivity index (χ4v) is 1.67. The van der Waals surface area contributed by atoms with E-state index in [9.17, 15) is 0 Å². The van der Waals surface area contributed by atoms with Crippen molar-refractivity contribution in [2.45, 2.75) is 46.1 Å². The summed E-state index contributed by atoms with van der Waals surface area (Å²) in [6.45, 7) is 8.80. The summed E-state index contributed by atoms with van der Waals surface area (Å²) in [6.07, 6.45) is 1.19. The van der Waals surface area contributed by atoms with Gasteiger partial charge < -0.3 is 5.73 Å². The summed E-state index contributed by atoms with van der Waals surface area (Å²) in [4.78, 5) is 0. The maximum atomic E-state index is 6.10. The van der Waals surface area contributed by atoms with Gasteiger partial charge in [-0.3, -0.25) is 0 Å². The molecule has 15 heavy (non-hydrogen) atoms. The fourth-order valence-electron chi connectivity index (χ4n) is 1.67. The van der Waals surface area contributed by atoms with Crippen molar-refractivity contribution in [1.82, 2.24) is 0 Å². The van der Waals surface area contributed by atoms with Crippen molar-refractivity contribution >= 4 is 0 Å². The Bertz CT molecular complexity index is 287. The highest BCUT2D eigenvalue weighted by Gasteiger charge is 2.10. The van der Waals surface area contributed by atoms with Gasteiger partial charge in [-0.1, -0.05) is 52.0 Å². The maximum Gasteiger partial charge on any atom is 0.0318 e. The molecule has 1 aromatic rings. The molecule has 1 aromatic carbocycles. The van der Waals surface area contributed by atoms with Crippen molar-refractivity contribution in [3.8, 4) is 0 Å². The number of hydrogen-bond acceptors (Lipinski definition) is 1. The van der Waals surface area contributed by atoms with Gasteiger partial charge in [-0.05, 0) is 29.4 Å². The van der Waals surface area contributed by atoms with E-state index in [1.807, 2.05) is 0 Å². The van der Waals surface area contributed by atoms with Crippen LogP contribution >= 0.6 is 0 Å². The van der Waals surface area contributed by atoms with Gasteiger partial charge in [0.25, 0.3) is 0 Å². The number of rotatable bonds is 4. The van der Waals surface area contributed by atoms with Crippen LogP contribution in [0.5, 0.6) is 0 Å². The van der Waals surface area contributed by atoms with Gasteiger partial charge in [-0.15, -0.1) is 0 Å². The van der Waals surface area contributed by atoms with E-state index in [4.69, 9.17) is 5.73 Å². The van der Waals surface area contributed by atoms with Gasteiger partial charge in [0.2, 0.25) is 0 Å². The van der Waals surface area contributed by atoms with Crippen LogP contribution in [0.1, 0.15) is 57.2 Å². The van der Waals surface area contributed by atoms with Gasteiger partial charge in [0.05, 0.1) is 0 Å². The van der Waals surface area contributed by atoms with E-state index in [0.717, 1.165) is 0 Å². The Morgan fingerprint density at radius 2 is 1.47 bits per heavy atom. The summed E-state index contributed by atoms with van der Waals surface area (Å²) in [5.41, 5.74) is 8.76. The van der Waals surface area contributed by atoms with Crippen LogP contribution < -0.4 is 5.73 Å². The molecule has 1 heteroatoms. The highest BCUT2D eigenvalue weighted by molar-refractivity contribution is 5.27. The molecule has 0 unspecified atom stereocenters. The molecule has 0 amide bonds. The highest BCUT2D eigenvalue weighted by atomic mass is 14.6. The summed E-state index contributed by atoms with van der Waals surface area (Å²) in [5.74, 6) is 1.15. The second-order valence-corrected chi connectivity index (χ2v) is 4.75. The third kappa shape index (κ3) is 3.07. The second-order valence-electron chi connectivity index (χ2n) is 4.75. The summed E-state index contributed by atoms with van der Waals surface area (Å²) in [7, 11) is 0. The van der Waals surface area contributed by atoms with Crippen molar-refractivity contribution in [2.24, 2.45) is 11.7 Å². The highest BCUT2D eigenvalue weighted by Crippen LogP contribution is 2.23. The first-order valence-corrected chi connectivity index (χ1v) is 5.91. The molecule has 0 saturated heterocycles. The largest absolute Gasteiger partial charge is 0.324 e. The average molecular weight is 205 g/mol. The monoisotopic (exact) mass is 205 g/mol. The van der Waals surface area contributed by atoms with Crippen LogP contribution in [0.2, 0.25) is 0 Å². The van der Waals surface area contributed by atoms with E-state index in [-0.39, 0.29) is 6.04 Å². The van der Waals surface area contributed by atoms with Crippen LogP contribution in [0.15, 0.2) is 24.3 Å². The molecule has 0 aliphatic heterocycles. The Kier molecular flexibility index (Phi) is 4.34. The quantitative estimate of drug-likeness (QED) is 0.793. The Morgan fingerprint density at radius 1 is 1.00 bits per heavy atom. The van der Waals surface area contributed by atoms with Crippen LogP contribution in [-0.2, 0) is 0 Å². The number of benzene rings is 1. The maximum absolute atomic E-state index is 6.10. The third-order valence-corrected chi connectivity index (χ3v) is 3.22. The van der Waals surface area contributed by atoms with E-state index in [1.165, 1.54) is 17.5 Å². The predicted octanol–water partition coefficient (Wildman–Crippen LogP) is 3.86. The van der Waals surface area contributed by atoms with Crippen molar-refractivity contribution < 1.29 is 0 Å². The lowest BCUT2D eigenvalue weighted by Gasteiger charge is -2.17. The molecule has 0 aromatic heterocycles. The first kappa shape index (κ1) is 12.3. The van der Waals surface area contributed by atoms with E-state index >= 15 is 0 Å². The first-order chi connectivity index (χ1) is 7.06. The van der Waals surface area contributed by atoms with Crippen LogP contribution in [0.4, 0.5) is 0 Å². The summed E-state index contributed by atoms with van der Waals surface area (Å²) in [5, 5.41) is 0. The minimum atomic E-state index is 0.163. The molecule has 0 aliphatic carbocycles. The van der Waals surface area contributed by atoms with Crippen LogP contribution in [-0.4, -0.2) is 0 Å². The molecule has 0 heterocycles. The Balaban J connectivity index is 2.80. The summed E-state index contributed by atoms with van der Waals surface area (Å²) >= 11 is 0. The van der Waals surface area contributed by atoms with E-state index in [1.54, 1.807) is 0 Å². The van der Waals surface area contributed by atoms with Gasteiger partial charge in [0, 0.05) is 6.04 Å². The van der Waals surface area contributed by atoms with E-state index < -0.39 is 0 Å². The van der Waals surface area contributed by atoms with Crippen molar-refractivity contribution in [3.63, 3.8) is 0 Å². The van der Waals surface area contributed by atoms with Gasteiger partial charge in [0.1, 0.15) is 0 Å². The molecule has 0 radical (unpaired) electrons. The molecular formula is C14H23N. The zero-order valence-corrected chi connectivity index (χ0v) is 10.3. The van der Waals surface area contributed by atoms with Crippen LogP contribution in [0, 0.1) is 5.92 Å². The molecule has 2 atom stereocenters. The zero-order valence-electron chi connectivity index (χ0n) is 10.3. The first-order valence-electron chi connectivity index (χ1n) is 5.91. The van der Waals surface area contributed by atoms with E-state index in [2.05, 4.69) is 52.0 Å². The SMILES string of the molecule is CC[C@H](C)c1ccc([C@@H](N)C(C)C)cc1. The Morgan fingerprint density at radius 3 is 1.87 bits per heavy atom. The Hall–Kier alpha value is -0.820. The fraction of sp³-hybridized carbons (Fsp3) is 0.571. The molecule has 0 fully saturated rings. The van der Waals surface area contributed by atoms with Gasteiger partial charge in [-0.25, -0.2) is 0 Å². The lowest BCUT2D eigenvalue weighted by molar-refractivity contribution is 0.514. The average Bonchev–Trinajstić information content (AvgIpc) is 2.27. The normalized spacial score (nSPS) is 15.3. The molecule has 0 bridgehead atoms. The molecular weight excluding hydrogens is 182 g/mol. The zero-order chi connectivity index (χ0) is 11.4. The predicted molar refractivity (Wildman–Crippen MR) is 66.9 cm³/mol.